The second-order valence-electron chi connectivity index (χ2n) is 8.02. The van der Waals surface area contributed by atoms with Gasteiger partial charge in [0, 0.05) is 24.7 Å². The molecule has 33 heavy (non-hydrogen) atoms. The molecule has 6 nitrogen and oxygen atoms in total. The molecule has 0 fully saturated rings. The molecule has 1 aliphatic rings. The van der Waals surface area contributed by atoms with Crippen LogP contribution in [0.15, 0.2) is 91.3 Å². The molecule has 1 atom stereocenters. The third-order valence-corrected chi connectivity index (χ3v) is 5.77. The quantitative estimate of drug-likeness (QED) is 0.457. The van der Waals surface area contributed by atoms with Gasteiger partial charge in [-0.25, -0.2) is 9.48 Å². The molecule has 0 spiro atoms. The first kappa shape index (κ1) is 20.7. The Labute approximate surface area is 191 Å². The number of nitrogens with zero attached hydrogens (tertiary/aromatic N) is 2. The van der Waals surface area contributed by atoms with Crippen LogP contribution in [0.2, 0.25) is 0 Å². The molecule has 6 heteroatoms. The number of nitrogens with one attached hydrogen (secondary N) is 1. The standard InChI is InChI=1S/C27H23N3O3/c31-26(28-14-13-19-17-29-30(18-19)23-9-5-2-6-10-23)21-11-12-24-22(15-21)16-25(33-27(24)32)20-7-3-1-4-8-20/h1-12,15,17-18,25H,13-14,16H2,(H,28,31). The zero-order valence-electron chi connectivity index (χ0n) is 18.0. The summed E-state index contributed by atoms with van der Waals surface area (Å²) in [6.07, 6.45) is 4.66. The Kier molecular flexibility index (Phi) is 5.72. The van der Waals surface area contributed by atoms with E-state index in [1.165, 1.54) is 0 Å². The molecule has 0 radical (unpaired) electrons. The van der Waals surface area contributed by atoms with E-state index in [1.54, 1.807) is 18.2 Å². The van der Waals surface area contributed by atoms with Crippen molar-refractivity contribution in [3.63, 3.8) is 0 Å². The summed E-state index contributed by atoms with van der Waals surface area (Å²) in [6, 6.07) is 24.7. The maximum absolute atomic E-state index is 12.7. The molecular weight excluding hydrogens is 414 g/mol. The van der Waals surface area contributed by atoms with Gasteiger partial charge < -0.3 is 10.1 Å². The monoisotopic (exact) mass is 437 g/mol. The average Bonchev–Trinajstić information content (AvgIpc) is 3.33. The van der Waals surface area contributed by atoms with Crippen molar-refractivity contribution in [2.45, 2.75) is 18.9 Å². The number of hydrogen-bond acceptors (Lipinski definition) is 4. The molecule has 0 aliphatic carbocycles. The van der Waals surface area contributed by atoms with Crippen LogP contribution in [-0.4, -0.2) is 28.2 Å². The highest BCUT2D eigenvalue weighted by Gasteiger charge is 2.28. The number of rotatable bonds is 6. The van der Waals surface area contributed by atoms with Crippen LogP contribution in [0.5, 0.6) is 0 Å². The van der Waals surface area contributed by atoms with Crippen molar-refractivity contribution >= 4 is 11.9 Å². The third kappa shape index (κ3) is 4.55. The molecule has 1 aromatic heterocycles. The fourth-order valence-corrected chi connectivity index (χ4v) is 4.02. The van der Waals surface area contributed by atoms with Gasteiger partial charge in [0.1, 0.15) is 6.10 Å². The van der Waals surface area contributed by atoms with E-state index < -0.39 is 0 Å². The number of para-hydroxylation sites is 1. The topological polar surface area (TPSA) is 73.2 Å². The van der Waals surface area contributed by atoms with E-state index in [0.717, 1.165) is 22.4 Å². The fraction of sp³-hybridized carbons (Fsp3) is 0.148. The lowest BCUT2D eigenvalue weighted by molar-refractivity contribution is 0.0252. The number of cyclic esters (lactones) is 1. The minimum Gasteiger partial charge on any atom is -0.454 e. The number of esters is 1. The zero-order valence-corrected chi connectivity index (χ0v) is 18.0. The maximum Gasteiger partial charge on any atom is 0.339 e. The molecule has 5 rings (SSSR count). The van der Waals surface area contributed by atoms with Gasteiger partial charge in [0.05, 0.1) is 17.4 Å². The highest BCUT2D eigenvalue weighted by molar-refractivity contribution is 5.97. The van der Waals surface area contributed by atoms with E-state index in [9.17, 15) is 9.59 Å². The highest BCUT2D eigenvalue weighted by atomic mass is 16.5. The van der Waals surface area contributed by atoms with Gasteiger partial charge in [-0.05, 0) is 53.4 Å². The molecule has 1 aliphatic heterocycles. The largest absolute Gasteiger partial charge is 0.454 e. The zero-order chi connectivity index (χ0) is 22.6. The molecule has 3 aromatic carbocycles. The maximum atomic E-state index is 12.7. The number of benzene rings is 3. The van der Waals surface area contributed by atoms with Crippen LogP contribution in [0.1, 0.15) is 43.5 Å². The Morgan fingerprint density at radius 3 is 2.58 bits per heavy atom. The third-order valence-electron chi connectivity index (χ3n) is 5.77. The summed E-state index contributed by atoms with van der Waals surface area (Å²) >= 11 is 0. The number of amides is 1. The number of ether oxygens (including phenoxy) is 1. The van der Waals surface area contributed by atoms with Gasteiger partial charge in [-0.3, -0.25) is 4.79 Å². The Hall–Kier alpha value is -4.19. The SMILES string of the molecule is O=C(NCCc1cnn(-c2ccccc2)c1)c1ccc2c(c1)CC(c1ccccc1)OC2=O. The molecule has 0 bridgehead atoms. The van der Waals surface area contributed by atoms with E-state index in [2.05, 4.69) is 10.4 Å². The molecule has 1 N–H and O–H groups in total. The Morgan fingerprint density at radius 1 is 1.03 bits per heavy atom. The van der Waals surface area contributed by atoms with E-state index in [-0.39, 0.29) is 18.0 Å². The lowest BCUT2D eigenvalue weighted by Gasteiger charge is -2.25. The molecule has 1 unspecified atom stereocenters. The van der Waals surface area contributed by atoms with Crippen LogP contribution in [0, 0.1) is 0 Å². The smallest absolute Gasteiger partial charge is 0.339 e. The summed E-state index contributed by atoms with van der Waals surface area (Å²) in [6.45, 7) is 0.491. The van der Waals surface area contributed by atoms with Gasteiger partial charge in [-0.15, -0.1) is 0 Å². The summed E-state index contributed by atoms with van der Waals surface area (Å²) in [7, 11) is 0. The Bertz CT molecular complexity index is 1280. The van der Waals surface area contributed by atoms with E-state index >= 15 is 0 Å². The normalized spacial score (nSPS) is 14.9. The van der Waals surface area contributed by atoms with Gasteiger partial charge in [0.2, 0.25) is 0 Å². The first-order chi connectivity index (χ1) is 16.2. The van der Waals surface area contributed by atoms with Crippen LogP contribution >= 0.6 is 0 Å². The highest BCUT2D eigenvalue weighted by Crippen LogP contribution is 2.31. The van der Waals surface area contributed by atoms with Crippen LogP contribution in [0.25, 0.3) is 5.69 Å². The van der Waals surface area contributed by atoms with Crippen molar-refractivity contribution in [2.24, 2.45) is 0 Å². The van der Waals surface area contributed by atoms with Crippen molar-refractivity contribution in [1.82, 2.24) is 15.1 Å². The number of fused-ring (bicyclic) bond motifs is 1. The number of carbonyl (C=O) groups is 2. The van der Waals surface area contributed by atoms with E-state index in [4.69, 9.17) is 4.74 Å². The van der Waals surface area contributed by atoms with Gasteiger partial charge in [-0.2, -0.15) is 5.10 Å². The fourth-order valence-electron chi connectivity index (χ4n) is 4.02. The minimum absolute atomic E-state index is 0.163. The van der Waals surface area contributed by atoms with Crippen LogP contribution in [0.4, 0.5) is 0 Å². The van der Waals surface area contributed by atoms with Crippen molar-refractivity contribution in [3.8, 4) is 5.69 Å². The second kappa shape index (κ2) is 9.12. The van der Waals surface area contributed by atoms with Crippen LogP contribution in [-0.2, 0) is 17.6 Å². The summed E-state index contributed by atoms with van der Waals surface area (Å²) in [5, 5.41) is 7.36. The van der Waals surface area contributed by atoms with Gasteiger partial charge in [-0.1, -0.05) is 48.5 Å². The molecule has 0 saturated carbocycles. The van der Waals surface area contributed by atoms with Crippen molar-refractivity contribution in [2.75, 3.05) is 6.54 Å². The second-order valence-corrected chi connectivity index (χ2v) is 8.02. The van der Waals surface area contributed by atoms with Crippen LogP contribution in [0.3, 0.4) is 0 Å². The molecular formula is C27H23N3O3. The summed E-state index contributed by atoms with van der Waals surface area (Å²) < 4.78 is 7.42. The molecule has 2 heterocycles. The van der Waals surface area contributed by atoms with E-state index in [0.29, 0.717) is 30.5 Å². The van der Waals surface area contributed by atoms with Crippen LogP contribution < -0.4 is 5.32 Å². The van der Waals surface area contributed by atoms with Gasteiger partial charge in [0.15, 0.2) is 0 Å². The van der Waals surface area contributed by atoms with Gasteiger partial charge in [0.25, 0.3) is 5.91 Å². The average molecular weight is 437 g/mol. The minimum atomic E-state index is -0.354. The number of hydrogen-bond donors (Lipinski definition) is 1. The first-order valence-corrected chi connectivity index (χ1v) is 10.9. The predicted molar refractivity (Wildman–Crippen MR) is 124 cm³/mol. The Balaban J connectivity index is 1.22. The molecule has 4 aromatic rings. The molecule has 1 amide bonds. The number of carbonyl (C=O) groups excluding carboxylic acids is 2. The van der Waals surface area contributed by atoms with Gasteiger partial charge >= 0.3 is 5.97 Å². The van der Waals surface area contributed by atoms with Crippen molar-refractivity contribution < 1.29 is 14.3 Å². The van der Waals surface area contributed by atoms with E-state index in [1.807, 2.05) is 77.7 Å². The Morgan fingerprint density at radius 2 is 1.79 bits per heavy atom. The predicted octanol–water partition coefficient (Wildman–Crippen LogP) is 4.30. The first-order valence-electron chi connectivity index (χ1n) is 10.9. The summed E-state index contributed by atoms with van der Waals surface area (Å²) in [5.41, 5.74) is 4.87. The summed E-state index contributed by atoms with van der Waals surface area (Å²) in [4.78, 5) is 25.2. The lowest BCUT2D eigenvalue weighted by atomic mass is 9.93. The molecule has 164 valence electrons. The molecule has 0 saturated heterocycles. The van der Waals surface area contributed by atoms with Crippen molar-refractivity contribution in [3.05, 3.63) is 119 Å². The lowest BCUT2D eigenvalue weighted by Crippen LogP contribution is -2.27. The summed E-state index contributed by atoms with van der Waals surface area (Å²) in [5.74, 6) is -0.518. The van der Waals surface area contributed by atoms with Crippen molar-refractivity contribution in [1.29, 1.82) is 0 Å². The number of aromatic nitrogens is 2.